The minimum atomic E-state index is -0.399. The number of amides is 1. The number of aromatic nitrogens is 3. The molecule has 0 fully saturated rings. The van der Waals surface area contributed by atoms with Crippen molar-refractivity contribution in [3.05, 3.63) is 71.0 Å². The number of hydrogen-bond acceptors (Lipinski definition) is 5. The van der Waals surface area contributed by atoms with Crippen LogP contribution in [-0.4, -0.2) is 26.0 Å². The van der Waals surface area contributed by atoms with Crippen molar-refractivity contribution in [1.82, 2.24) is 14.9 Å². The van der Waals surface area contributed by atoms with Gasteiger partial charge in [-0.3, -0.25) is 4.79 Å². The summed E-state index contributed by atoms with van der Waals surface area (Å²) in [6.45, 7) is 1.88. The topological polar surface area (TPSA) is 71.8 Å². The molecule has 1 aliphatic rings. The van der Waals surface area contributed by atoms with E-state index in [4.69, 9.17) is 11.6 Å². The highest BCUT2D eigenvalue weighted by Crippen LogP contribution is 2.37. The van der Waals surface area contributed by atoms with Gasteiger partial charge in [-0.2, -0.15) is 0 Å². The predicted octanol–water partition coefficient (Wildman–Crippen LogP) is 3.64. The van der Waals surface area contributed by atoms with Crippen LogP contribution in [0.3, 0.4) is 0 Å². The van der Waals surface area contributed by atoms with Crippen molar-refractivity contribution >= 4 is 35.0 Å². The van der Waals surface area contributed by atoms with Crippen molar-refractivity contribution in [1.29, 1.82) is 0 Å². The normalized spacial score (nSPS) is 18.7. The SMILES string of the molecule is Cc1nnc2n1N[C@H](c1ccccc1)[C@H](C(=O)Nc1ccc(Cl)cc1)S2. The second-order valence-corrected chi connectivity index (χ2v) is 7.46. The average molecular weight is 386 g/mol. The molecule has 0 unspecified atom stereocenters. The highest BCUT2D eigenvalue weighted by atomic mass is 35.5. The number of hydrogen-bond donors (Lipinski definition) is 2. The summed E-state index contributed by atoms with van der Waals surface area (Å²) in [5.41, 5.74) is 5.10. The molecule has 2 N–H and O–H groups in total. The van der Waals surface area contributed by atoms with E-state index in [1.165, 1.54) is 11.8 Å². The molecule has 2 atom stereocenters. The summed E-state index contributed by atoms with van der Waals surface area (Å²) >= 11 is 7.31. The van der Waals surface area contributed by atoms with Gasteiger partial charge in [0.05, 0.1) is 6.04 Å². The van der Waals surface area contributed by atoms with Crippen LogP contribution in [0, 0.1) is 6.92 Å². The number of carbonyl (C=O) groups excluding carboxylic acids is 1. The van der Waals surface area contributed by atoms with Crippen LogP contribution in [-0.2, 0) is 4.79 Å². The molecule has 0 aliphatic carbocycles. The van der Waals surface area contributed by atoms with Crippen LogP contribution in [0.5, 0.6) is 0 Å². The van der Waals surface area contributed by atoms with Crippen LogP contribution < -0.4 is 10.7 Å². The van der Waals surface area contributed by atoms with Gasteiger partial charge in [-0.25, -0.2) is 4.68 Å². The number of benzene rings is 2. The molecular formula is C18H16ClN5OS. The minimum absolute atomic E-state index is 0.106. The van der Waals surface area contributed by atoms with Gasteiger partial charge in [-0.1, -0.05) is 53.7 Å². The Morgan fingerprint density at radius 2 is 1.88 bits per heavy atom. The lowest BCUT2D eigenvalue weighted by Gasteiger charge is -2.32. The van der Waals surface area contributed by atoms with Crippen molar-refractivity contribution < 1.29 is 4.79 Å². The molecule has 2 heterocycles. The molecule has 1 aromatic heterocycles. The first-order valence-corrected chi connectivity index (χ1v) is 9.34. The molecule has 8 heteroatoms. The van der Waals surface area contributed by atoms with Crippen molar-refractivity contribution in [2.75, 3.05) is 10.7 Å². The first kappa shape index (κ1) is 16.9. The zero-order valence-corrected chi connectivity index (χ0v) is 15.5. The summed E-state index contributed by atoms with van der Waals surface area (Å²) in [6.07, 6.45) is 0. The Balaban J connectivity index is 1.64. The van der Waals surface area contributed by atoms with Gasteiger partial charge in [0.2, 0.25) is 11.1 Å². The Labute approximate surface area is 159 Å². The number of carbonyl (C=O) groups is 1. The molecule has 0 bridgehead atoms. The van der Waals surface area contributed by atoms with Gasteiger partial charge < -0.3 is 10.7 Å². The van der Waals surface area contributed by atoms with E-state index in [1.54, 1.807) is 24.3 Å². The minimum Gasteiger partial charge on any atom is -0.325 e. The average Bonchev–Trinajstić information content (AvgIpc) is 3.03. The van der Waals surface area contributed by atoms with E-state index in [-0.39, 0.29) is 11.9 Å². The maximum atomic E-state index is 13.0. The number of fused-ring (bicyclic) bond motifs is 1. The highest BCUT2D eigenvalue weighted by Gasteiger charge is 2.37. The van der Waals surface area contributed by atoms with Crippen molar-refractivity contribution in [2.24, 2.45) is 0 Å². The summed E-state index contributed by atoms with van der Waals surface area (Å²) < 4.78 is 1.83. The Morgan fingerprint density at radius 3 is 2.62 bits per heavy atom. The molecule has 2 aromatic carbocycles. The van der Waals surface area contributed by atoms with E-state index >= 15 is 0 Å². The van der Waals surface area contributed by atoms with Gasteiger partial charge >= 0.3 is 0 Å². The molecule has 3 aromatic rings. The fourth-order valence-corrected chi connectivity index (χ4v) is 4.07. The summed E-state index contributed by atoms with van der Waals surface area (Å²) in [4.78, 5) is 13.0. The number of halogens is 1. The lowest BCUT2D eigenvalue weighted by Crippen LogP contribution is -2.41. The highest BCUT2D eigenvalue weighted by molar-refractivity contribution is 8.00. The number of nitrogens with zero attached hydrogens (tertiary/aromatic N) is 3. The smallest absolute Gasteiger partial charge is 0.240 e. The quantitative estimate of drug-likeness (QED) is 0.720. The first-order chi connectivity index (χ1) is 12.6. The van der Waals surface area contributed by atoms with Crippen LogP contribution in [0.1, 0.15) is 17.4 Å². The third-order valence-corrected chi connectivity index (χ3v) is 5.59. The lowest BCUT2D eigenvalue weighted by atomic mass is 10.0. The maximum Gasteiger partial charge on any atom is 0.240 e. The second kappa shape index (κ2) is 7.01. The standard InChI is InChI=1S/C18H16ClN5OS/c1-11-21-22-18-24(11)23-15(12-5-3-2-4-6-12)16(26-18)17(25)20-14-9-7-13(19)8-10-14/h2-10,15-16,23H,1H3,(H,20,25)/t15-,16-/m1/s1. The molecule has 0 saturated carbocycles. The fraction of sp³-hybridized carbons (Fsp3) is 0.167. The van der Waals surface area contributed by atoms with Crippen LogP contribution in [0.2, 0.25) is 5.02 Å². The van der Waals surface area contributed by atoms with E-state index < -0.39 is 5.25 Å². The Kier molecular flexibility index (Phi) is 4.57. The van der Waals surface area contributed by atoms with Crippen LogP contribution in [0.4, 0.5) is 5.69 Å². The Bertz CT molecular complexity index is 929. The lowest BCUT2D eigenvalue weighted by molar-refractivity contribution is -0.116. The van der Waals surface area contributed by atoms with Gasteiger partial charge in [-0.15, -0.1) is 10.2 Å². The van der Waals surface area contributed by atoms with E-state index in [0.29, 0.717) is 15.9 Å². The van der Waals surface area contributed by atoms with Gasteiger partial charge in [0.15, 0.2) is 0 Å². The molecule has 0 saturated heterocycles. The van der Waals surface area contributed by atoms with Crippen molar-refractivity contribution in [2.45, 2.75) is 23.4 Å². The number of thioether (sulfide) groups is 1. The van der Waals surface area contributed by atoms with Crippen LogP contribution >= 0.6 is 23.4 Å². The van der Waals surface area contributed by atoms with Crippen LogP contribution in [0.15, 0.2) is 59.8 Å². The molecule has 26 heavy (non-hydrogen) atoms. The molecule has 1 amide bonds. The number of aryl methyl sites for hydroxylation is 1. The second-order valence-electron chi connectivity index (χ2n) is 5.92. The molecule has 132 valence electrons. The van der Waals surface area contributed by atoms with Gasteiger partial charge in [-0.05, 0) is 36.8 Å². The molecule has 1 aliphatic heterocycles. The molecule has 0 radical (unpaired) electrons. The maximum absolute atomic E-state index is 13.0. The fourth-order valence-electron chi connectivity index (χ4n) is 2.82. The summed E-state index contributed by atoms with van der Waals surface area (Å²) in [7, 11) is 0. The van der Waals surface area contributed by atoms with Crippen molar-refractivity contribution in [3.63, 3.8) is 0 Å². The predicted molar refractivity (Wildman–Crippen MR) is 103 cm³/mol. The number of rotatable bonds is 3. The summed E-state index contributed by atoms with van der Waals surface area (Å²) in [5.74, 6) is 0.649. The Hall–Kier alpha value is -2.51. The van der Waals surface area contributed by atoms with Gasteiger partial charge in [0.25, 0.3) is 0 Å². The third kappa shape index (κ3) is 3.27. The van der Waals surface area contributed by atoms with E-state index in [9.17, 15) is 4.79 Å². The zero-order chi connectivity index (χ0) is 18.1. The van der Waals surface area contributed by atoms with Gasteiger partial charge in [0, 0.05) is 10.7 Å². The van der Waals surface area contributed by atoms with Crippen molar-refractivity contribution in [3.8, 4) is 0 Å². The molecular weight excluding hydrogens is 370 g/mol. The summed E-state index contributed by atoms with van der Waals surface area (Å²) in [6, 6.07) is 16.7. The largest absolute Gasteiger partial charge is 0.325 e. The zero-order valence-electron chi connectivity index (χ0n) is 13.9. The van der Waals surface area contributed by atoms with E-state index in [0.717, 1.165) is 11.4 Å². The summed E-state index contributed by atoms with van der Waals surface area (Å²) in [5, 5.41) is 12.1. The van der Waals surface area contributed by atoms with Crippen LogP contribution in [0.25, 0.3) is 0 Å². The van der Waals surface area contributed by atoms with E-state index in [1.807, 2.05) is 41.9 Å². The third-order valence-electron chi connectivity index (χ3n) is 4.13. The van der Waals surface area contributed by atoms with E-state index in [2.05, 4.69) is 20.9 Å². The Morgan fingerprint density at radius 1 is 1.15 bits per heavy atom. The number of nitrogens with one attached hydrogen (secondary N) is 2. The molecule has 6 nitrogen and oxygen atoms in total. The first-order valence-electron chi connectivity index (χ1n) is 8.08. The molecule has 0 spiro atoms. The van der Waals surface area contributed by atoms with Gasteiger partial charge in [0.1, 0.15) is 11.1 Å². The molecule has 4 rings (SSSR count). The monoisotopic (exact) mass is 385 g/mol. The number of anilines is 1.